The molecule has 2 aromatic carbocycles. The van der Waals surface area contributed by atoms with Crippen LogP contribution in [0.1, 0.15) is 45.5 Å². The second-order valence-electron chi connectivity index (χ2n) is 7.95. The monoisotopic (exact) mass is 364 g/mol. The molecular formula is C22H24N2O3. The van der Waals surface area contributed by atoms with E-state index in [9.17, 15) is 9.59 Å². The number of rotatable bonds is 3. The molecule has 5 nitrogen and oxygen atoms in total. The van der Waals surface area contributed by atoms with Crippen LogP contribution < -0.4 is 5.48 Å². The van der Waals surface area contributed by atoms with Gasteiger partial charge >= 0.3 is 0 Å². The molecule has 0 bridgehead atoms. The van der Waals surface area contributed by atoms with E-state index in [1.807, 2.05) is 29.2 Å². The zero-order valence-electron chi connectivity index (χ0n) is 15.5. The van der Waals surface area contributed by atoms with E-state index in [1.54, 1.807) is 11.5 Å². The number of hydrogen-bond donors (Lipinski definition) is 2. The largest absolute Gasteiger partial charge is 0.338 e. The van der Waals surface area contributed by atoms with E-state index in [1.165, 1.54) is 16.7 Å². The van der Waals surface area contributed by atoms with Crippen LogP contribution in [0.3, 0.4) is 0 Å². The van der Waals surface area contributed by atoms with Gasteiger partial charge in [-0.3, -0.25) is 14.8 Å². The summed E-state index contributed by atoms with van der Waals surface area (Å²) >= 11 is 0. The fourth-order valence-corrected chi connectivity index (χ4v) is 4.53. The zero-order valence-corrected chi connectivity index (χ0v) is 15.5. The lowest BCUT2D eigenvalue weighted by atomic mass is 9.70. The standard InChI is InChI=1S/C22H24N2O3/c1-15-4-2-3-5-19(15)13-24-14-22(12-20(24)25)9-8-16-10-17(21(26)23-27)6-7-18(16)11-22/h2-7,10,27H,8-9,11-14H2,1H3,(H,23,26). The van der Waals surface area contributed by atoms with Crippen molar-refractivity contribution in [2.24, 2.45) is 5.41 Å². The van der Waals surface area contributed by atoms with Crippen molar-refractivity contribution in [1.29, 1.82) is 0 Å². The third-order valence-electron chi connectivity index (χ3n) is 6.09. The Hall–Kier alpha value is -2.66. The molecular weight excluding hydrogens is 340 g/mol. The van der Waals surface area contributed by atoms with Crippen molar-refractivity contribution in [3.05, 3.63) is 70.3 Å². The molecule has 2 amide bonds. The minimum absolute atomic E-state index is 0.00643. The molecule has 0 radical (unpaired) electrons. The van der Waals surface area contributed by atoms with Crippen LogP contribution in [0.2, 0.25) is 0 Å². The van der Waals surface area contributed by atoms with Crippen molar-refractivity contribution in [2.45, 2.75) is 39.2 Å². The fraction of sp³-hybridized carbons (Fsp3) is 0.364. The van der Waals surface area contributed by atoms with Gasteiger partial charge in [-0.2, -0.15) is 0 Å². The molecule has 4 rings (SSSR count). The molecule has 5 heteroatoms. The first-order valence-corrected chi connectivity index (χ1v) is 9.38. The number of carbonyl (C=O) groups excluding carboxylic acids is 2. The number of nitrogens with zero attached hydrogens (tertiary/aromatic N) is 1. The smallest absolute Gasteiger partial charge is 0.274 e. The lowest BCUT2D eigenvalue weighted by molar-refractivity contribution is -0.128. The van der Waals surface area contributed by atoms with E-state index in [0.29, 0.717) is 18.5 Å². The molecule has 1 unspecified atom stereocenters. The average molecular weight is 364 g/mol. The maximum Gasteiger partial charge on any atom is 0.274 e. The van der Waals surface area contributed by atoms with Crippen LogP contribution >= 0.6 is 0 Å². The third kappa shape index (κ3) is 3.35. The highest BCUT2D eigenvalue weighted by Gasteiger charge is 2.44. The molecule has 1 fully saturated rings. The minimum Gasteiger partial charge on any atom is -0.338 e. The molecule has 0 aromatic heterocycles. The highest BCUT2D eigenvalue weighted by Crippen LogP contribution is 2.43. The normalized spacial score (nSPS) is 21.4. The third-order valence-corrected chi connectivity index (χ3v) is 6.09. The Bertz CT molecular complexity index is 908. The average Bonchev–Trinajstić information content (AvgIpc) is 2.97. The Balaban J connectivity index is 1.52. The molecule has 1 heterocycles. The number of hydroxylamine groups is 1. The van der Waals surface area contributed by atoms with Crippen molar-refractivity contribution < 1.29 is 14.8 Å². The lowest BCUT2D eigenvalue weighted by Gasteiger charge is -2.34. The maximum atomic E-state index is 12.7. The number of amides is 2. The van der Waals surface area contributed by atoms with Gasteiger partial charge < -0.3 is 4.90 Å². The maximum absolute atomic E-state index is 12.7. The van der Waals surface area contributed by atoms with Crippen LogP contribution in [0, 0.1) is 12.3 Å². The first kappa shape index (κ1) is 17.7. The minimum atomic E-state index is -0.487. The van der Waals surface area contributed by atoms with Crippen molar-refractivity contribution in [1.82, 2.24) is 10.4 Å². The highest BCUT2D eigenvalue weighted by molar-refractivity contribution is 5.93. The summed E-state index contributed by atoms with van der Waals surface area (Å²) in [6.45, 7) is 3.55. The van der Waals surface area contributed by atoms with Gasteiger partial charge in [0.1, 0.15) is 0 Å². The second-order valence-corrected chi connectivity index (χ2v) is 7.95. The van der Waals surface area contributed by atoms with Gasteiger partial charge in [0.25, 0.3) is 5.91 Å². The van der Waals surface area contributed by atoms with Gasteiger partial charge in [-0.15, -0.1) is 0 Å². The van der Waals surface area contributed by atoms with E-state index in [2.05, 4.69) is 19.1 Å². The van der Waals surface area contributed by atoms with E-state index in [-0.39, 0.29) is 11.3 Å². The van der Waals surface area contributed by atoms with Gasteiger partial charge in [-0.05, 0) is 60.6 Å². The van der Waals surface area contributed by atoms with Gasteiger partial charge in [-0.25, -0.2) is 5.48 Å². The number of likely N-dealkylation sites (tertiary alicyclic amines) is 1. The first-order chi connectivity index (χ1) is 13.0. The Labute approximate surface area is 159 Å². The Kier molecular flexibility index (Phi) is 4.48. The summed E-state index contributed by atoms with van der Waals surface area (Å²) in [6, 6.07) is 13.8. The molecule has 1 atom stereocenters. The van der Waals surface area contributed by atoms with Crippen molar-refractivity contribution in [3.8, 4) is 0 Å². The molecule has 140 valence electrons. The van der Waals surface area contributed by atoms with Gasteiger partial charge in [-0.1, -0.05) is 30.3 Å². The van der Waals surface area contributed by atoms with E-state index < -0.39 is 5.91 Å². The SMILES string of the molecule is Cc1ccccc1CN1CC2(CCc3cc(C(=O)NO)ccc3C2)CC1=O. The summed E-state index contributed by atoms with van der Waals surface area (Å²) in [5.74, 6) is -0.253. The highest BCUT2D eigenvalue weighted by atomic mass is 16.5. The Morgan fingerprint density at radius 3 is 2.78 bits per heavy atom. The molecule has 2 N–H and O–H groups in total. The quantitative estimate of drug-likeness (QED) is 0.650. The summed E-state index contributed by atoms with van der Waals surface area (Å²) < 4.78 is 0. The Morgan fingerprint density at radius 1 is 1.19 bits per heavy atom. The van der Waals surface area contributed by atoms with E-state index in [4.69, 9.17) is 5.21 Å². The number of carbonyl (C=O) groups is 2. The van der Waals surface area contributed by atoms with E-state index in [0.717, 1.165) is 31.4 Å². The van der Waals surface area contributed by atoms with Crippen LogP contribution in [0.15, 0.2) is 42.5 Å². The number of aryl methyl sites for hydroxylation is 2. The van der Waals surface area contributed by atoms with Crippen LogP contribution in [-0.2, 0) is 24.2 Å². The van der Waals surface area contributed by atoms with Crippen molar-refractivity contribution >= 4 is 11.8 Å². The van der Waals surface area contributed by atoms with Crippen LogP contribution in [0.4, 0.5) is 0 Å². The molecule has 1 saturated heterocycles. The van der Waals surface area contributed by atoms with Gasteiger partial charge in [0.15, 0.2) is 0 Å². The fourth-order valence-electron chi connectivity index (χ4n) is 4.53. The molecule has 1 aliphatic heterocycles. The van der Waals surface area contributed by atoms with Crippen LogP contribution in [0.25, 0.3) is 0 Å². The van der Waals surface area contributed by atoms with Gasteiger partial charge in [0.05, 0.1) is 0 Å². The predicted octanol–water partition coefficient (Wildman–Crippen LogP) is 3.02. The molecule has 0 saturated carbocycles. The van der Waals surface area contributed by atoms with Crippen LogP contribution in [-0.4, -0.2) is 28.5 Å². The first-order valence-electron chi connectivity index (χ1n) is 9.38. The molecule has 2 aromatic rings. The summed E-state index contributed by atoms with van der Waals surface area (Å²) in [7, 11) is 0. The van der Waals surface area contributed by atoms with Crippen molar-refractivity contribution in [2.75, 3.05) is 6.54 Å². The predicted molar refractivity (Wildman–Crippen MR) is 101 cm³/mol. The lowest BCUT2D eigenvalue weighted by Crippen LogP contribution is -2.33. The summed E-state index contributed by atoms with van der Waals surface area (Å²) in [6.07, 6.45) is 3.25. The summed E-state index contributed by atoms with van der Waals surface area (Å²) in [5.41, 5.74) is 6.93. The molecule has 27 heavy (non-hydrogen) atoms. The molecule has 1 aliphatic carbocycles. The number of fused-ring (bicyclic) bond motifs is 1. The van der Waals surface area contributed by atoms with Gasteiger partial charge in [0.2, 0.25) is 5.91 Å². The Morgan fingerprint density at radius 2 is 2.00 bits per heavy atom. The number of nitrogens with one attached hydrogen (secondary N) is 1. The topological polar surface area (TPSA) is 69.6 Å². The van der Waals surface area contributed by atoms with Crippen LogP contribution in [0.5, 0.6) is 0 Å². The number of benzene rings is 2. The second kappa shape index (κ2) is 6.82. The van der Waals surface area contributed by atoms with Gasteiger partial charge in [0, 0.05) is 30.5 Å². The van der Waals surface area contributed by atoms with E-state index >= 15 is 0 Å². The van der Waals surface area contributed by atoms with Crippen molar-refractivity contribution in [3.63, 3.8) is 0 Å². The summed E-state index contributed by atoms with van der Waals surface area (Å²) in [4.78, 5) is 26.3. The number of hydrogen-bond acceptors (Lipinski definition) is 3. The molecule has 1 spiro atoms. The molecule has 2 aliphatic rings. The summed E-state index contributed by atoms with van der Waals surface area (Å²) in [5, 5.41) is 8.82. The zero-order chi connectivity index (χ0) is 19.0.